The molecule has 2 rings (SSSR count). The van der Waals surface area contributed by atoms with E-state index in [1.54, 1.807) is 0 Å². The van der Waals surface area contributed by atoms with Crippen LogP contribution in [0.25, 0.3) is 0 Å². The molecule has 0 unspecified atom stereocenters. The Balaban J connectivity index is 1.93. The van der Waals surface area contributed by atoms with E-state index in [-0.39, 0.29) is 0 Å². The first-order valence-electron chi connectivity index (χ1n) is 7.95. The van der Waals surface area contributed by atoms with Gasteiger partial charge in [-0.25, -0.2) is 0 Å². The predicted molar refractivity (Wildman–Crippen MR) is 85.7 cm³/mol. The summed E-state index contributed by atoms with van der Waals surface area (Å²) in [7, 11) is 0. The van der Waals surface area contributed by atoms with Gasteiger partial charge in [-0.15, -0.1) is 0 Å². The van der Waals surface area contributed by atoms with E-state index >= 15 is 0 Å². The lowest BCUT2D eigenvalue weighted by Gasteiger charge is -2.33. The van der Waals surface area contributed by atoms with E-state index < -0.39 is 0 Å². The molecule has 0 spiro atoms. The fourth-order valence-corrected chi connectivity index (χ4v) is 2.86. The van der Waals surface area contributed by atoms with Crippen LogP contribution >= 0.6 is 0 Å². The first-order chi connectivity index (χ1) is 9.72. The van der Waals surface area contributed by atoms with Crippen LogP contribution in [0.5, 0.6) is 5.75 Å². The molecule has 0 bridgehead atoms. The Morgan fingerprint density at radius 2 is 2.00 bits per heavy atom. The van der Waals surface area contributed by atoms with E-state index in [2.05, 4.69) is 42.3 Å². The van der Waals surface area contributed by atoms with Gasteiger partial charge in [-0.1, -0.05) is 13.0 Å². The average molecular weight is 276 g/mol. The summed E-state index contributed by atoms with van der Waals surface area (Å²) < 4.78 is 5.75. The van der Waals surface area contributed by atoms with Gasteiger partial charge in [0.25, 0.3) is 0 Å². The van der Waals surface area contributed by atoms with Crippen LogP contribution < -0.4 is 10.1 Å². The van der Waals surface area contributed by atoms with E-state index in [4.69, 9.17) is 4.74 Å². The molecule has 0 saturated carbocycles. The number of aryl methyl sites for hydroxylation is 1. The summed E-state index contributed by atoms with van der Waals surface area (Å²) in [6.45, 7) is 10.8. The zero-order valence-electron chi connectivity index (χ0n) is 13.1. The van der Waals surface area contributed by atoms with Crippen molar-refractivity contribution in [1.29, 1.82) is 0 Å². The lowest BCUT2D eigenvalue weighted by atomic mass is 10.0. The van der Waals surface area contributed by atoms with Gasteiger partial charge in [-0.05, 0) is 57.4 Å². The Morgan fingerprint density at radius 1 is 1.25 bits per heavy atom. The van der Waals surface area contributed by atoms with Crippen molar-refractivity contribution in [3.05, 3.63) is 23.8 Å². The molecule has 20 heavy (non-hydrogen) atoms. The van der Waals surface area contributed by atoms with Crippen LogP contribution in [0.2, 0.25) is 0 Å². The Kier molecular flexibility index (Phi) is 5.72. The first-order valence-corrected chi connectivity index (χ1v) is 7.95. The van der Waals surface area contributed by atoms with Crippen molar-refractivity contribution >= 4 is 5.69 Å². The summed E-state index contributed by atoms with van der Waals surface area (Å²) in [5, 5.41) is 3.67. The number of ether oxygens (including phenoxy) is 1. The third-order valence-electron chi connectivity index (χ3n) is 3.92. The molecule has 1 aliphatic heterocycles. The fraction of sp³-hybridized carbons (Fsp3) is 0.647. The van der Waals surface area contributed by atoms with Crippen LogP contribution in [0.1, 0.15) is 38.7 Å². The Morgan fingerprint density at radius 3 is 2.65 bits per heavy atom. The van der Waals surface area contributed by atoms with Crippen LogP contribution in [0.3, 0.4) is 0 Å². The number of piperidine rings is 1. The molecule has 1 heterocycles. The molecule has 1 aliphatic rings. The minimum absolute atomic E-state index is 0.574. The van der Waals surface area contributed by atoms with Gasteiger partial charge in [0, 0.05) is 19.1 Å². The van der Waals surface area contributed by atoms with Crippen molar-refractivity contribution in [3.8, 4) is 5.75 Å². The number of hydrogen-bond acceptors (Lipinski definition) is 3. The van der Waals surface area contributed by atoms with E-state index in [1.165, 1.54) is 44.5 Å². The maximum Gasteiger partial charge on any atom is 0.142 e. The Labute approximate surface area is 123 Å². The molecule has 0 amide bonds. The van der Waals surface area contributed by atoms with Crippen molar-refractivity contribution in [3.63, 3.8) is 0 Å². The van der Waals surface area contributed by atoms with Gasteiger partial charge in [0.05, 0.1) is 12.3 Å². The van der Waals surface area contributed by atoms with E-state index in [0.29, 0.717) is 12.6 Å². The zero-order chi connectivity index (χ0) is 14.4. The Bertz CT molecular complexity index is 411. The molecule has 0 aliphatic carbocycles. The molecule has 1 fully saturated rings. The highest BCUT2D eigenvalue weighted by atomic mass is 16.5. The van der Waals surface area contributed by atoms with Crippen LogP contribution in [0.15, 0.2) is 18.2 Å². The van der Waals surface area contributed by atoms with Crippen LogP contribution in [-0.2, 0) is 0 Å². The molecule has 1 N–H and O–H groups in total. The zero-order valence-corrected chi connectivity index (χ0v) is 13.1. The number of rotatable bonds is 6. The van der Waals surface area contributed by atoms with Crippen LogP contribution in [0.4, 0.5) is 5.69 Å². The molecular formula is C17H28N2O. The molecular weight excluding hydrogens is 248 g/mol. The number of anilines is 1. The highest BCUT2D eigenvalue weighted by Gasteiger charge is 2.19. The number of nitrogens with one attached hydrogen (secondary N) is 1. The first kappa shape index (κ1) is 15.2. The predicted octanol–water partition coefficient (Wildman–Crippen LogP) is 3.68. The second-order valence-electron chi connectivity index (χ2n) is 5.69. The third kappa shape index (κ3) is 4.14. The molecule has 0 radical (unpaired) electrons. The summed E-state index contributed by atoms with van der Waals surface area (Å²) in [4.78, 5) is 2.57. The molecule has 1 aromatic carbocycles. The second kappa shape index (κ2) is 7.53. The largest absolute Gasteiger partial charge is 0.492 e. The molecule has 0 atom stereocenters. The van der Waals surface area contributed by atoms with Gasteiger partial charge in [-0.3, -0.25) is 0 Å². The summed E-state index contributed by atoms with van der Waals surface area (Å²) in [6.07, 6.45) is 3.70. The van der Waals surface area contributed by atoms with E-state index in [9.17, 15) is 0 Å². The maximum atomic E-state index is 5.75. The SMILES string of the molecule is CCCN1CCC(Nc2ccc(C)cc2OCC)CC1. The summed E-state index contributed by atoms with van der Waals surface area (Å²) in [5.41, 5.74) is 2.39. The smallest absolute Gasteiger partial charge is 0.142 e. The van der Waals surface area contributed by atoms with Gasteiger partial charge in [0.1, 0.15) is 5.75 Å². The van der Waals surface area contributed by atoms with Crippen LogP contribution in [0, 0.1) is 6.92 Å². The monoisotopic (exact) mass is 276 g/mol. The third-order valence-corrected chi connectivity index (χ3v) is 3.92. The molecule has 0 aromatic heterocycles. The molecule has 1 aromatic rings. The van der Waals surface area contributed by atoms with Gasteiger partial charge >= 0.3 is 0 Å². The van der Waals surface area contributed by atoms with Crippen molar-refractivity contribution in [2.45, 2.75) is 46.1 Å². The van der Waals surface area contributed by atoms with Gasteiger partial charge in [0.15, 0.2) is 0 Å². The Hall–Kier alpha value is -1.22. The highest BCUT2D eigenvalue weighted by molar-refractivity contribution is 5.58. The standard InChI is InChI=1S/C17H28N2O/c1-4-10-19-11-8-15(9-12-19)18-16-7-6-14(3)13-17(16)20-5-2/h6-7,13,15,18H,4-5,8-12H2,1-3H3. The molecule has 1 saturated heterocycles. The lowest BCUT2D eigenvalue weighted by molar-refractivity contribution is 0.219. The van der Waals surface area contributed by atoms with E-state index in [0.717, 1.165) is 11.4 Å². The van der Waals surface area contributed by atoms with Gasteiger partial charge in [0.2, 0.25) is 0 Å². The van der Waals surface area contributed by atoms with Crippen molar-refractivity contribution in [1.82, 2.24) is 4.90 Å². The normalized spacial score (nSPS) is 17.1. The minimum Gasteiger partial charge on any atom is -0.492 e. The number of hydrogen-bond donors (Lipinski definition) is 1. The molecule has 112 valence electrons. The molecule has 3 heteroatoms. The van der Waals surface area contributed by atoms with Gasteiger partial charge in [-0.2, -0.15) is 0 Å². The second-order valence-corrected chi connectivity index (χ2v) is 5.69. The summed E-state index contributed by atoms with van der Waals surface area (Å²) in [6, 6.07) is 7.00. The minimum atomic E-state index is 0.574. The quantitative estimate of drug-likeness (QED) is 0.858. The average Bonchev–Trinajstić information content (AvgIpc) is 2.44. The number of nitrogens with zero attached hydrogens (tertiary/aromatic N) is 1. The topological polar surface area (TPSA) is 24.5 Å². The fourth-order valence-electron chi connectivity index (χ4n) is 2.86. The highest BCUT2D eigenvalue weighted by Crippen LogP contribution is 2.28. The van der Waals surface area contributed by atoms with Gasteiger partial charge < -0.3 is 15.0 Å². The molecule has 3 nitrogen and oxygen atoms in total. The number of likely N-dealkylation sites (tertiary alicyclic amines) is 1. The van der Waals surface area contributed by atoms with Crippen molar-refractivity contribution in [2.75, 3.05) is 31.6 Å². The van der Waals surface area contributed by atoms with Crippen molar-refractivity contribution < 1.29 is 4.74 Å². The lowest BCUT2D eigenvalue weighted by Crippen LogP contribution is -2.39. The van der Waals surface area contributed by atoms with E-state index in [1.807, 2.05) is 6.92 Å². The summed E-state index contributed by atoms with van der Waals surface area (Å²) in [5.74, 6) is 0.989. The maximum absolute atomic E-state index is 5.75. The van der Waals surface area contributed by atoms with Crippen LogP contribution in [-0.4, -0.2) is 37.2 Å². The number of benzene rings is 1. The summed E-state index contributed by atoms with van der Waals surface area (Å²) >= 11 is 0. The van der Waals surface area contributed by atoms with Crippen molar-refractivity contribution in [2.24, 2.45) is 0 Å².